The van der Waals surface area contributed by atoms with Gasteiger partial charge in [0.25, 0.3) is 5.91 Å². The number of carbonyl (C=O) groups excluding carboxylic acids is 1. The van der Waals surface area contributed by atoms with E-state index < -0.39 is 12.0 Å². The molecule has 1 saturated heterocycles. The van der Waals surface area contributed by atoms with Gasteiger partial charge < -0.3 is 9.84 Å². The van der Waals surface area contributed by atoms with Crippen molar-refractivity contribution in [2.45, 2.75) is 6.04 Å². The molecule has 0 saturated carbocycles. The lowest BCUT2D eigenvalue weighted by atomic mass is 10.2. The maximum atomic E-state index is 11.8. The zero-order chi connectivity index (χ0) is 14.4. The van der Waals surface area contributed by atoms with Crippen molar-refractivity contribution in [2.75, 3.05) is 31.7 Å². The van der Waals surface area contributed by atoms with Gasteiger partial charge in [-0.1, -0.05) is 6.07 Å². The third-order valence-corrected chi connectivity index (χ3v) is 2.87. The molecule has 2 rings (SSSR count). The number of carboxylic acid groups (broad SMARTS) is 1. The summed E-state index contributed by atoms with van der Waals surface area (Å²) in [7, 11) is 0. The Bertz CT molecular complexity index is 468. The summed E-state index contributed by atoms with van der Waals surface area (Å²) in [6.45, 7) is 0.912. The highest BCUT2D eigenvalue weighted by Gasteiger charge is 2.30. The predicted octanol–water partition coefficient (Wildman–Crippen LogP) is -0.690. The van der Waals surface area contributed by atoms with Gasteiger partial charge in [-0.2, -0.15) is 0 Å². The highest BCUT2D eigenvalue weighted by atomic mass is 16.5. The summed E-state index contributed by atoms with van der Waals surface area (Å²) < 4.78 is 5.10. The van der Waals surface area contributed by atoms with Crippen molar-refractivity contribution >= 4 is 17.7 Å². The maximum absolute atomic E-state index is 11.8. The van der Waals surface area contributed by atoms with E-state index in [1.165, 1.54) is 0 Å². The van der Waals surface area contributed by atoms with Crippen LogP contribution in [-0.2, 0) is 14.3 Å². The van der Waals surface area contributed by atoms with Gasteiger partial charge in [0.1, 0.15) is 11.9 Å². The van der Waals surface area contributed by atoms with E-state index in [2.05, 4.69) is 15.8 Å². The Morgan fingerprint density at radius 1 is 1.50 bits per heavy atom. The molecule has 2 heterocycles. The van der Waals surface area contributed by atoms with Crippen molar-refractivity contribution in [1.82, 2.24) is 15.3 Å². The fourth-order valence-electron chi connectivity index (χ4n) is 1.85. The van der Waals surface area contributed by atoms with E-state index >= 15 is 0 Å². The van der Waals surface area contributed by atoms with E-state index in [9.17, 15) is 9.59 Å². The first-order valence-electron chi connectivity index (χ1n) is 6.17. The summed E-state index contributed by atoms with van der Waals surface area (Å²) in [6, 6.07) is 4.46. The fraction of sp³-hybridized carbons (Fsp3) is 0.417. The minimum atomic E-state index is -0.991. The number of anilines is 1. The number of morpholine rings is 1. The molecule has 108 valence electrons. The molecule has 8 nitrogen and oxygen atoms in total. The second-order valence-electron chi connectivity index (χ2n) is 4.29. The number of pyridine rings is 1. The van der Waals surface area contributed by atoms with Gasteiger partial charge in [-0.05, 0) is 12.1 Å². The third kappa shape index (κ3) is 3.90. The molecule has 0 radical (unpaired) electrons. The Labute approximate surface area is 115 Å². The first-order chi connectivity index (χ1) is 9.66. The van der Waals surface area contributed by atoms with Crippen LogP contribution < -0.4 is 10.9 Å². The van der Waals surface area contributed by atoms with E-state index in [1.807, 2.05) is 0 Å². The van der Waals surface area contributed by atoms with E-state index in [0.717, 1.165) is 0 Å². The van der Waals surface area contributed by atoms with Crippen LogP contribution in [-0.4, -0.2) is 59.2 Å². The van der Waals surface area contributed by atoms with Crippen molar-refractivity contribution in [2.24, 2.45) is 0 Å². The van der Waals surface area contributed by atoms with Crippen LogP contribution in [0, 0.1) is 0 Å². The number of amides is 1. The molecule has 3 N–H and O–H groups in total. The number of carboxylic acids is 1. The summed E-state index contributed by atoms with van der Waals surface area (Å²) >= 11 is 0. The molecule has 0 bridgehead atoms. The van der Waals surface area contributed by atoms with Crippen molar-refractivity contribution in [3.63, 3.8) is 0 Å². The fourth-order valence-corrected chi connectivity index (χ4v) is 1.85. The summed E-state index contributed by atoms with van der Waals surface area (Å²) in [4.78, 5) is 28.4. The number of nitrogens with one attached hydrogen (secondary N) is 2. The number of hydrogen-bond donors (Lipinski definition) is 3. The monoisotopic (exact) mass is 280 g/mol. The van der Waals surface area contributed by atoms with Gasteiger partial charge >= 0.3 is 5.97 Å². The molecule has 0 spiro atoms. The Hall–Kier alpha value is -2.19. The van der Waals surface area contributed by atoms with Crippen LogP contribution in [0.15, 0.2) is 24.4 Å². The standard InChI is InChI=1S/C12H16N4O4/c17-11(15-14-10-3-1-2-4-13-10)7-16-5-6-20-8-9(16)12(18)19/h1-4,9H,5-8H2,(H,13,14)(H,15,17)(H,18,19). The van der Waals surface area contributed by atoms with Crippen molar-refractivity contribution in [3.05, 3.63) is 24.4 Å². The smallest absolute Gasteiger partial charge is 0.323 e. The number of aliphatic carboxylic acids is 1. The molecular weight excluding hydrogens is 264 g/mol. The lowest BCUT2D eigenvalue weighted by molar-refractivity contribution is -0.150. The van der Waals surface area contributed by atoms with Crippen molar-refractivity contribution in [1.29, 1.82) is 0 Å². The number of ether oxygens (including phenoxy) is 1. The Balaban J connectivity index is 1.82. The third-order valence-electron chi connectivity index (χ3n) is 2.87. The summed E-state index contributed by atoms with van der Waals surface area (Å²) in [5.74, 6) is -0.809. The molecule has 1 amide bonds. The van der Waals surface area contributed by atoms with E-state index in [1.54, 1.807) is 29.3 Å². The summed E-state index contributed by atoms with van der Waals surface area (Å²) in [5, 5.41) is 9.05. The molecule has 1 aromatic heterocycles. The highest BCUT2D eigenvalue weighted by molar-refractivity contribution is 5.80. The minimum Gasteiger partial charge on any atom is -0.480 e. The van der Waals surface area contributed by atoms with E-state index in [4.69, 9.17) is 9.84 Å². The van der Waals surface area contributed by atoms with Gasteiger partial charge in [-0.15, -0.1) is 0 Å². The Kier molecular flexibility index (Phi) is 4.85. The zero-order valence-electron chi connectivity index (χ0n) is 10.8. The van der Waals surface area contributed by atoms with Crippen LogP contribution in [0.5, 0.6) is 0 Å². The van der Waals surface area contributed by atoms with Crippen LogP contribution in [0.1, 0.15) is 0 Å². The average molecular weight is 280 g/mol. The molecule has 1 aliphatic rings. The molecule has 1 aliphatic heterocycles. The zero-order valence-corrected chi connectivity index (χ0v) is 10.8. The molecule has 0 aromatic carbocycles. The van der Waals surface area contributed by atoms with Gasteiger partial charge in [0.2, 0.25) is 0 Å². The van der Waals surface area contributed by atoms with Crippen molar-refractivity contribution < 1.29 is 19.4 Å². The van der Waals surface area contributed by atoms with Gasteiger partial charge in [0, 0.05) is 12.7 Å². The van der Waals surface area contributed by atoms with E-state index in [-0.39, 0.29) is 19.1 Å². The van der Waals surface area contributed by atoms with Gasteiger partial charge in [-0.3, -0.25) is 25.3 Å². The highest BCUT2D eigenvalue weighted by Crippen LogP contribution is 2.06. The van der Waals surface area contributed by atoms with Crippen LogP contribution in [0.4, 0.5) is 5.82 Å². The van der Waals surface area contributed by atoms with Crippen molar-refractivity contribution in [3.8, 4) is 0 Å². The lowest BCUT2D eigenvalue weighted by Gasteiger charge is -2.32. The van der Waals surface area contributed by atoms with Gasteiger partial charge in [0.15, 0.2) is 0 Å². The largest absolute Gasteiger partial charge is 0.480 e. The number of carbonyl (C=O) groups is 2. The molecule has 0 aliphatic carbocycles. The first-order valence-corrected chi connectivity index (χ1v) is 6.17. The Morgan fingerprint density at radius 3 is 3.05 bits per heavy atom. The molecule has 1 aromatic rings. The number of nitrogens with zero attached hydrogens (tertiary/aromatic N) is 2. The van der Waals surface area contributed by atoms with Crippen LogP contribution in [0.25, 0.3) is 0 Å². The molecule has 8 heteroatoms. The summed E-state index contributed by atoms with van der Waals surface area (Å²) in [5.41, 5.74) is 5.14. The first kappa shape index (κ1) is 14.2. The molecule has 20 heavy (non-hydrogen) atoms. The van der Waals surface area contributed by atoms with Gasteiger partial charge in [-0.25, -0.2) is 4.98 Å². The second kappa shape index (κ2) is 6.83. The molecule has 1 fully saturated rings. The number of hydrogen-bond acceptors (Lipinski definition) is 6. The second-order valence-corrected chi connectivity index (χ2v) is 4.29. The summed E-state index contributed by atoms with van der Waals surface area (Å²) in [6.07, 6.45) is 1.59. The quantitative estimate of drug-likeness (QED) is 0.613. The normalized spacial score (nSPS) is 19.3. The average Bonchev–Trinajstić information content (AvgIpc) is 2.46. The number of hydrazine groups is 1. The maximum Gasteiger partial charge on any atom is 0.323 e. The lowest BCUT2D eigenvalue weighted by Crippen LogP contribution is -2.53. The predicted molar refractivity (Wildman–Crippen MR) is 69.8 cm³/mol. The van der Waals surface area contributed by atoms with Gasteiger partial charge in [0.05, 0.1) is 19.8 Å². The molecular formula is C12H16N4O4. The van der Waals surface area contributed by atoms with Crippen LogP contribution in [0.3, 0.4) is 0 Å². The Morgan fingerprint density at radius 2 is 2.35 bits per heavy atom. The van der Waals surface area contributed by atoms with E-state index in [0.29, 0.717) is 19.0 Å². The number of aromatic nitrogens is 1. The number of rotatable bonds is 5. The minimum absolute atomic E-state index is 0.0137. The van der Waals surface area contributed by atoms with Crippen LogP contribution in [0.2, 0.25) is 0 Å². The molecule has 1 unspecified atom stereocenters. The molecule has 1 atom stereocenters. The topological polar surface area (TPSA) is 104 Å². The van der Waals surface area contributed by atoms with Crippen LogP contribution >= 0.6 is 0 Å². The SMILES string of the molecule is O=C(CN1CCOCC1C(=O)O)NNc1ccccn1.